The van der Waals surface area contributed by atoms with E-state index in [2.05, 4.69) is 5.32 Å². The van der Waals surface area contributed by atoms with Gasteiger partial charge in [-0.05, 0) is 32.0 Å². The van der Waals surface area contributed by atoms with E-state index in [-0.39, 0.29) is 0 Å². The van der Waals surface area contributed by atoms with Gasteiger partial charge in [0.05, 0.1) is 0 Å². The van der Waals surface area contributed by atoms with Crippen molar-refractivity contribution < 1.29 is 4.39 Å². The summed E-state index contributed by atoms with van der Waals surface area (Å²) in [5.41, 5.74) is 5.77. The van der Waals surface area contributed by atoms with Crippen LogP contribution in [0.2, 0.25) is 0 Å². The van der Waals surface area contributed by atoms with Crippen LogP contribution in [0, 0.1) is 0 Å². The van der Waals surface area contributed by atoms with Gasteiger partial charge in [0, 0.05) is 11.3 Å². The first-order valence-electron chi connectivity index (χ1n) is 4.97. The van der Waals surface area contributed by atoms with Crippen LogP contribution in [-0.2, 0) is 5.67 Å². The second-order valence-electron chi connectivity index (χ2n) is 3.80. The highest BCUT2D eigenvalue weighted by Crippen LogP contribution is 2.37. The third-order valence-corrected chi connectivity index (χ3v) is 2.84. The van der Waals surface area contributed by atoms with Crippen LogP contribution in [0.1, 0.15) is 18.4 Å². The van der Waals surface area contributed by atoms with Gasteiger partial charge in [-0.1, -0.05) is 18.2 Å². The van der Waals surface area contributed by atoms with Gasteiger partial charge in [-0.15, -0.1) is 0 Å². The normalized spacial score (nSPS) is 20.6. The number of rotatable bonds is 1. The van der Waals surface area contributed by atoms with E-state index in [9.17, 15) is 4.39 Å². The highest BCUT2D eigenvalue weighted by molar-refractivity contribution is 5.49. The number of piperidine rings is 1. The number of alkyl halides is 1. The Morgan fingerprint density at radius 3 is 2.50 bits per heavy atom. The monoisotopic (exact) mass is 194 g/mol. The molecule has 1 aliphatic rings. The summed E-state index contributed by atoms with van der Waals surface area (Å²) in [6.07, 6.45) is 1.03. The lowest BCUT2D eigenvalue weighted by Gasteiger charge is -2.31. The number of benzene rings is 1. The van der Waals surface area contributed by atoms with Crippen LogP contribution in [0.25, 0.3) is 0 Å². The Kier molecular flexibility index (Phi) is 2.42. The Balaban J connectivity index is 2.32. The molecule has 0 amide bonds. The molecule has 0 spiro atoms. The molecular weight excluding hydrogens is 179 g/mol. The summed E-state index contributed by atoms with van der Waals surface area (Å²) in [5.74, 6) is 0. The second-order valence-corrected chi connectivity index (χ2v) is 3.80. The van der Waals surface area contributed by atoms with Crippen molar-refractivity contribution in [1.82, 2.24) is 5.32 Å². The first-order chi connectivity index (χ1) is 6.72. The van der Waals surface area contributed by atoms with Gasteiger partial charge in [-0.2, -0.15) is 0 Å². The molecule has 0 unspecified atom stereocenters. The van der Waals surface area contributed by atoms with Gasteiger partial charge in [0.1, 0.15) is 5.67 Å². The van der Waals surface area contributed by atoms with Crippen molar-refractivity contribution in [3.05, 3.63) is 29.8 Å². The van der Waals surface area contributed by atoms with E-state index in [1.165, 1.54) is 0 Å². The van der Waals surface area contributed by atoms with Crippen LogP contribution in [-0.4, -0.2) is 13.1 Å². The van der Waals surface area contributed by atoms with E-state index in [1.54, 1.807) is 12.1 Å². The van der Waals surface area contributed by atoms with Crippen LogP contribution < -0.4 is 11.1 Å². The Labute approximate surface area is 83.3 Å². The molecule has 0 aromatic heterocycles. The largest absolute Gasteiger partial charge is 0.398 e. The van der Waals surface area contributed by atoms with Crippen molar-refractivity contribution in [2.24, 2.45) is 0 Å². The number of hydrogen-bond acceptors (Lipinski definition) is 2. The number of halogens is 1. The topological polar surface area (TPSA) is 38.0 Å². The molecule has 1 aromatic carbocycles. The van der Waals surface area contributed by atoms with Gasteiger partial charge < -0.3 is 11.1 Å². The predicted octanol–water partition coefficient (Wildman–Crippen LogP) is 1.82. The van der Waals surface area contributed by atoms with Crippen molar-refractivity contribution in [1.29, 1.82) is 0 Å². The van der Waals surface area contributed by atoms with Crippen molar-refractivity contribution in [2.45, 2.75) is 18.5 Å². The number of nitrogens with one attached hydrogen (secondary N) is 1. The molecule has 1 heterocycles. The highest BCUT2D eigenvalue weighted by atomic mass is 19.1. The first-order valence-corrected chi connectivity index (χ1v) is 4.97. The molecule has 3 heteroatoms. The first kappa shape index (κ1) is 9.46. The van der Waals surface area contributed by atoms with E-state index < -0.39 is 5.67 Å². The summed E-state index contributed by atoms with van der Waals surface area (Å²) in [5, 5.41) is 3.15. The third kappa shape index (κ3) is 1.60. The summed E-state index contributed by atoms with van der Waals surface area (Å²) in [4.78, 5) is 0. The lowest BCUT2D eigenvalue weighted by molar-refractivity contribution is 0.116. The minimum absolute atomic E-state index is 0.515. The summed E-state index contributed by atoms with van der Waals surface area (Å²) in [6, 6.07) is 7.23. The van der Waals surface area contributed by atoms with E-state index >= 15 is 0 Å². The van der Waals surface area contributed by atoms with Gasteiger partial charge in [0.15, 0.2) is 0 Å². The maximum absolute atomic E-state index is 14.4. The highest BCUT2D eigenvalue weighted by Gasteiger charge is 2.34. The van der Waals surface area contributed by atoms with Crippen LogP contribution >= 0.6 is 0 Å². The lowest BCUT2D eigenvalue weighted by Crippen LogP contribution is -2.37. The Bertz CT molecular complexity index is 319. The van der Waals surface area contributed by atoms with Crippen LogP contribution in [0.5, 0.6) is 0 Å². The number of nitrogens with two attached hydrogens (primary N) is 1. The van der Waals surface area contributed by atoms with Gasteiger partial charge in [0.25, 0.3) is 0 Å². The number of nitrogen functional groups attached to an aromatic ring is 1. The van der Waals surface area contributed by atoms with Crippen molar-refractivity contribution in [3.8, 4) is 0 Å². The van der Waals surface area contributed by atoms with Crippen molar-refractivity contribution in [3.63, 3.8) is 0 Å². The molecular formula is C11H15FN2. The quantitative estimate of drug-likeness (QED) is 0.669. The van der Waals surface area contributed by atoms with E-state index in [1.807, 2.05) is 12.1 Å². The summed E-state index contributed by atoms with van der Waals surface area (Å²) >= 11 is 0. The average Bonchev–Trinajstić information content (AvgIpc) is 2.19. The molecule has 1 aromatic rings. The molecule has 0 radical (unpaired) electrons. The van der Waals surface area contributed by atoms with E-state index in [0.717, 1.165) is 13.1 Å². The SMILES string of the molecule is Nc1ccccc1C1(F)CCNCC1. The van der Waals surface area contributed by atoms with Gasteiger partial charge >= 0.3 is 0 Å². The van der Waals surface area contributed by atoms with Crippen LogP contribution in [0.4, 0.5) is 10.1 Å². The number of anilines is 1. The van der Waals surface area contributed by atoms with Crippen molar-refractivity contribution in [2.75, 3.05) is 18.8 Å². The molecule has 1 saturated heterocycles. The molecule has 2 rings (SSSR count). The molecule has 0 aliphatic carbocycles. The molecule has 1 aliphatic heterocycles. The summed E-state index contributed by atoms with van der Waals surface area (Å²) in [6.45, 7) is 1.45. The molecule has 2 nitrogen and oxygen atoms in total. The van der Waals surface area contributed by atoms with E-state index in [4.69, 9.17) is 5.73 Å². The molecule has 0 atom stereocenters. The number of para-hydroxylation sites is 1. The Hall–Kier alpha value is -1.09. The molecule has 14 heavy (non-hydrogen) atoms. The maximum atomic E-state index is 14.4. The minimum Gasteiger partial charge on any atom is -0.398 e. The third-order valence-electron chi connectivity index (χ3n) is 2.84. The molecule has 0 bridgehead atoms. The van der Waals surface area contributed by atoms with Gasteiger partial charge in [-0.3, -0.25) is 0 Å². The zero-order valence-electron chi connectivity index (χ0n) is 8.09. The minimum atomic E-state index is -1.23. The molecule has 0 saturated carbocycles. The summed E-state index contributed by atoms with van der Waals surface area (Å²) in [7, 11) is 0. The fourth-order valence-electron chi connectivity index (χ4n) is 2.00. The standard InChI is InChI=1S/C11H15FN2/c12-11(5-7-14-8-6-11)9-3-1-2-4-10(9)13/h1-4,14H,5-8,13H2. The van der Waals surface area contributed by atoms with Crippen LogP contribution in [0.3, 0.4) is 0 Å². The fraction of sp³-hybridized carbons (Fsp3) is 0.455. The van der Waals surface area contributed by atoms with Gasteiger partial charge in [0.2, 0.25) is 0 Å². The Morgan fingerprint density at radius 1 is 1.21 bits per heavy atom. The van der Waals surface area contributed by atoms with Crippen LogP contribution in [0.15, 0.2) is 24.3 Å². The molecule has 76 valence electrons. The summed E-state index contributed by atoms with van der Waals surface area (Å²) < 4.78 is 14.4. The predicted molar refractivity (Wildman–Crippen MR) is 55.7 cm³/mol. The Morgan fingerprint density at radius 2 is 1.86 bits per heavy atom. The lowest BCUT2D eigenvalue weighted by atomic mass is 9.86. The van der Waals surface area contributed by atoms with E-state index in [0.29, 0.717) is 24.1 Å². The van der Waals surface area contributed by atoms with Crippen molar-refractivity contribution >= 4 is 5.69 Å². The number of hydrogen-bond donors (Lipinski definition) is 2. The average molecular weight is 194 g/mol. The zero-order chi connectivity index (χ0) is 10.0. The maximum Gasteiger partial charge on any atom is 0.140 e. The fourth-order valence-corrected chi connectivity index (χ4v) is 2.00. The second kappa shape index (κ2) is 3.58. The zero-order valence-corrected chi connectivity index (χ0v) is 8.09. The smallest absolute Gasteiger partial charge is 0.140 e. The molecule has 1 fully saturated rings. The molecule has 3 N–H and O–H groups in total. The van der Waals surface area contributed by atoms with Gasteiger partial charge in [-0.25, -0.2) is 4.39 Å².